The molecule has 5 aromatic rings. The molecule has 0 atom stereocenters. The van der Waals surface area contributed by atoms with Crippen molar-refractivity contribution in [3.8, 4) is 17.1 Å². The molecular weight excluding hydrogens is 509 g/mol. The maximum atomic E-state index is 14.2. The Labute approximate surface area is 231 Å². The highest BCUT2D eigenvalue weighted by Crippen LogP contribution is 2.26. The van der Waals surface area contributed by atoms with Crippen molar-refractivity contribution in [1.82, 2.24) is 14.5 Å². The van der Waals surface area contributed by atoms with Crippen molar-refractivity contribution in [2.75, 3.05) is 13.7 Å². The third kappa shape index (κ3) is 5.87. The first-order valence-corrected chi connectivity index (χ1v) is 13.0. The zero-order chi connectivity index (χ0) is 28.2. The molecule has 0 aliphatic carbocycles. The van der Waals surface area contributed by atoms with E-state index >= 15 is 0 Å². The van der Waals surface area contributed by atoms with Crippen LogP contribution in [0.4, 0.5) is 4.39 Å². The second-order valence-electron chi connectivity index (χ2n) is 9.74. The summed E-state index contributed by atoms with van der Waals surface area (Å²) in [4.78, 5) is 21.0. The van der Waals surface area contributed by atoms with Gasteiger partial charge in [0.15, 0.2) is 0 Å². The smallest absolute Gasteiger partial charge is 0.335 e. The molecule has 5 rings (SSSR count). The predicted octanol–water partition coefficient (Wildman–Crippen LogP) is 6.37. The molecule has 2 aromatic heterocycles. The average Bonchev–Trinajstić information content (AvgIpc) is 3.28. The lowest BCUT2D eigenvalue weighted by Gasteiger charge is -2.12. The first-order chi connectivity index (χ1) is 19.3. The van der Waals surface area contributed by atoms with Crippen LogP contribution in [0.15, 0.2) is 72.8 Å². The number of nitrogens with zero attached hydrogens (tertiary/aromatic N) is 3. The molecule has 0 aliphatic rings. The minimum Gasteiger partial charge on any atom is -0.478 e. The number of ether oxygens (including phenoxy) is 2. The van der Waals surface area contributed by atoms with Gasteiger partial charge in [0.05, 0.1) is 28.9 Å². The number of rotatable bonds is 10. The highest BCUT2D eigenvalue weighted by Gasteiger charge is 2.15. The van der Waals surface area contributed by atoms with Gasteiger partial charge in [-0.25, -0.2) is 19.2 Å². The minimum absolute atomic E-state index is 0.0958. The number of fused-ring (bicyclic) bond motifs is 1. The quantitative estimate of drug-likeness (QED) is 0.222. The number of aromatic nitrogens is 3. The van der Waals surface area contributed by atoms with Crippen LogP contribution in [0.25, 0.3) is 22.3 Å². The van der Waals surface area contributed by atoms with Gasteiger partial charge in [-0.3, -0.25) is 0 Å². The molecule has 8 heteroatoms. The topological polar surface area (TPSA) is 86.5 Å². The molecule has 0 bridgehead atoms. The molecule has 1 N–H and O–H groups in total. The highest BCUT2D eigenvalue weighted by molar-refractivity contribution is 5.92. The third-order valence-corrected chi connectivity index (χ3v) is 6.89. The molecule has 0 saturated carbocycles. The van der Waals surface area contributed by atoms with Crippen molar-refractivity contribution >= 4 is 17.0 Å². The summed E-state index contributed by atoms with van der Waals surface area (Å²) < 4.78 is 27.3. The molecule has 0 saturated heterocycles. The summed E-state index contributed by atoms with van der Waals surface area (Å²) in [5.74, 6) is -0.00527. The molecule has 2 heterocycles. The van der Waals surface area contributed by atoms with E-state index < -0.39 is 5.97 Å². The van der Waals surface area contributed by atoms with Crippen molar-refractivity contribution < 1.29 is 23.8 Å². The van der Waals surface area contributed by atoms with Crippen molar-refractivity contribution in [2.45, 2.75) is 33.4 Å². The number of carboxylic acid groups (broad SMARTS) is 1. The molecule has 0 fully saturated rings. The Hall–Kier alpha value is -4.56. The van der Waals surface area contributed by atoms with Crippen LogP contribution in [-0.2, 0) is 24.3 Å². The lowest BCUT2D eigenvalue weighted by atomic mass is 10.0. The number of hydrogen-bond donors (Lipinski definition) is 1. The van der Waals surface area contributed by atoms with E-state index in [1.807, 2.05) is 42.7 Å². The van der Waals surface area contributed by atoms with Crippen LogP contribution >= 0.6 is 0 Å². The van der Waals surface area contributed by atoms with E-state index in [2.05, 4.69) is 17.1 Å². The van der Waals surface area contributed by atoms with E-state index in [1.54, 1.807) is 37.4 Å². The second-order valence-corrected chi connectivity index (χ2v) is 9.74. The van der Waals surface area contributed by atoms with E-state index in [0.29, 0.717) is 31.0 Å². The fourth-order valence-electron chi connectivity index (χ4n) is 4.67. The number of carbonyl (C=O) groups is 1. The number of halogens is 1. The van der Waals surface area contributed by atoms with Gasteiger partial charge in [-0.15, -0.1) is 0 Å². The van der Waals surface area contributed by atoms with Gasteiger partial charge in [-0.2, -0.15) is 0 Å². The molecule has 0 amide bonds. The highest BCUT2D eigenvalue weighted by atomic mass is 19.1. The fourth-order valence-corrected chi connectivity index (χ4v) is 4.67. The number of aryl methyl sites for hydroxylation is 2. The first kappa shape index (κ1) is 27.0. The molecule has 3 aromatic carbocycles. The van der Waals surface area contributed by atoms with E-state index in [9.17, 15) is 14.3 Å². The van der Waals surface area contributed by atoms with Gasteiger partial charge in [0.2, 0.25) is 5.88 Å². The van der Waals surface area contributed by atoms with Crippen molar-refractivity contribution in [3.63, 3.8) is 0 Å². The van der Waals surface area contributed by atoms with Crippen LogP contribution in [0.2, 0.25) is 0 Å². The molecule has 0 spiro atoms. The Morgan fingerprint density at radius 1 is 0.975 bits per heavy atom. The van der Waals surface area contributed by atoms with Gasteiger partial charge >= 0.3 is 5.97 Å². The average molecular weight is 540 g/mol. The lowest BCUT2D eigenvalue weighted by molar-refractivity contribution is 0.0697. The van der Waals surface area contributed by atoms with E-state index in [4.69, 9.17) is 14.5 Å². The first-order valence-electron chi connectivity index (χ1n) is 13.0. The van der Waals surface area contributed by atoms with Gasteiger partial charge < -0.3 is 19.1 Å². The summed E-state index contributed by atoms with van der Waals surface area (Å²) in [7, 11) is 1.64. The number of methoxy groups -OCH3 is 1. The predicted molar refractivity (Wildman–Crippen MR) is 151 cm³/mol. The van der Waals surface area contributed by atoms with Crippen molar-refractivity contribution in [1.29, 1.82) is 0 Å². The van der Waals surface area contributed by atoms with Crippen molar-refractivity contribution in [2.24, 2.45) is 0 Å². The Kier molecular flexibility index (Phi) is 7.89. The van der Waals surface area contributed by atoms with Gasteiger partial charge in [-0.05, 0) is 66.9 Å². The molecular formula is C32H30FN3O4. The summed E-state index contributed by atoms with van der Waals surface area (Å²) in [5.41, 5.74) is 6.94. The Balaban J connectivity index is 1.37. The van der Waals surface area contributed by atoms with Crippen LogP contribution in [0.5, 0.6) is 5.88 Å². The maximum Gasteiger partial charge on any atom is 0.335 e. The second kappa shape index (κ2) is 11.7. The molecule has 40 heavy (non-hydrogen) atoms. The van der Waals surface area contributed by atoms with Crippen LogP contribution in [-0.4, -0.2) is 39.3 Å². The minimum atomic E-state index is -0.972. The van der Waals surface area contributed by atoms with Gasteiger partial charge in [0, 0.05) is 37.3 Å². The molecule has 0 aliphatic heterocycles. The van der Waals surface area contributed by atoms with E-state index in [-0.39, 0.29) is 18.0 Å². The van der Waals surface area contributed by atoms with Crippen LogP contribution in [0.1, 0.15) is 38.4 Å². The summed E-state index contributed by atoms with van der Waals surface area (Å²) >= 11 is 0. The molecule has 7 nitrogen and oxygen atoms in total. The van der Waals surface area contributed by atoms with Crippen LogP contribution in [0, 0.1) is 19.7 Å². The Morgan fingerprint density at radius 2 is 1.80 bits per heavy atom. The van der Waals surface area contributed by atoms with Gasteiger partial charge in [-0.1, -0.05) is 30.3 Å². The number of pyridine rings is 1. The monoisotopic (exact) mass is 539 g/mol. The Morgan fingerprint density at radius 3 is 2.55 bits per heavy atom. The SMILES string of the molecule is COCCn1c(Cc2ccc(-c3cccc(OCc4ccc(C)cc4F)n3)cc2C)nc2ccc(C(=O)O)cc21. The number of hydrogen-bond acceptors (Lipinski definition) is 5. The number of benzene rings is 3. The third-order valence-electron chi connectivity index (χ3n) is 6.89. The van der Waals surface area contributed by atoms with Crippen LogP contribution < -0.4 is 4.74 Å². The molecule has 0 unspecified atom stereocenters. The van der Waals surface area contributed by atoms with Gasteiger partial charge in [0.1, 0.15) is 18.2 Å². The summed E-state index contributed by atoms with van der Waals surface area (Å²) in [6.07, 6.45) is 0.575. The molecule has 204 valence electrons. The zero-order valence-electron chi connectivity index (χ0n) is 22.6. The standard InChI is InChI=1S/C32H30FN3O4/c1-20-7-8-25(26(33)15-20)19-40-31-6-4-5-27(35-31)23-10-9-22(21(2)16-23)18-30-34-28-12-11-24(32(37)38)17-29(28)36(30)13-14-39-3/h4-12,15-17H,13-14,18-19H2,1-3H3,(H,37,38). The molecule has 0 radical (unpaired) electrons. The largest absolute Gasteiger partial charge is 0.478 e. The van der Waals surface area contributed by atoms with E-state index in [1.165, 1.54) is 6.07 Å². The summed E-state index contributed by atoms with van der Waals surface area (Å²) in [5, 5.41) is 9.45. The van der Waals surface area contributed by atoms with Crippen molar-refractivity contribution in [3.05, 3.63) is 112 Å². The van der Waals surface area contributed by atoms with E-state index in [0.717, 1.165) is 44.8 Å². The number of aromatic carboxylic acids is 1. The fraction of sp³-hybridized carbons (Fsp3) is 0.219. The number of carboxylic acids is 1. The Bertz CT molecular complexity index is 1700. The van der Waals surface area contributed by atoms with Gasteiger partial charge in [0.25, 0.3) is 0 Å². The maximum absolute atomic E-state index is 14.2. The normalized spacial score (nSPS) is 11.2. The summed E-state index contributed by atoms with van der Waals surface area (Å²) in [6, 6.07) is 21.8. The lowest BCUT2D eigenvalue weighted by Crippen LogP contribution is -2.09. The number of imidazole rings is 1. The zero-order valence-corrected chi connectivity index (χ0v) is 22.6. The summed E-state index contributed by atoms with van der Waals surface area (Å²) in [6.45, 7) is 5.03. The van der Waals surface area contributed by atoms with Crippen LogP contribution in [0.3, 0.4) is 0 Å².